The average Bonchev–Trinajstić information content (AvgIpc) is 2.21. The van der Waals surface area contributed by atoms with E-state index in [9.17, 15) is 0 Å². The van der Waals surface area contributed by atoms with E-state index < -0.39 is 0 Å². The van der Waals surface area contributed by atoms with E-state index in [0.717, 1.165) is 5.57 Å². The van der Waals surface area contributed by atoms with Crippen molar-refractivity contribution in [2.24, 2.45) is 0 Å². The molecule has 1 aliphatic rings. The summed E-state index contributed by atoms with van der Waals surface area (Å²) in [6, 6.07) is 0. The van der Waals surface area contributed by atoms with Crippen LogP contribution in [-0.2, 0) is 9.47 Å². The summed E-state index contributed by atoms with van der Waals surface area (Å²) in [4.78, 5) is 0. The van der Waals surface area contributed by atoms with E-state index in [-0.39, 0.29) is 6.79 Å². The molecule has 0 N–H and O–H groups in total. The largest absolute Gasteiger partial charge is 0.468 e. The number of hydrogen-bond donors (Lipinski definition) is 0. The molecule has 1 rings (SSSR count). The Morgan fingerprint density at radius 3 is 3.08 bits per heavy atom. The lowest BCUT2D eigenvalue weighted by molar-refractivity contribution is -0.00603. The highest BCUT2D eigenvalue weighted by Gasteiger charge is 1.94. The summed E-state index contributed by atoms with van der Waals surface area (Å²) in [6.45, 7) is 6.52. The van der Waals surface area contributed by atoms with Crippen molar-refractivity contribution >= 4 is 0 Å². The summed E-state index contributed by atoms with van der Waals surface area (Å²) in [7, 11) is 0. The third-order valence-corrected chi connectivity index (χ3v) is 1.59. The van der Waals surface area contributed by atoms with Gasteiger partial charge in [0.25, 0.3) is 0 Å². The fraction of sp³-hybridized carbons (Fsp3) is 0.273. The highest BCUT2D eigenvalue weighted by atomic mass is 16.7. The molecule has 2 heteroatoms. The molecule has 1 heterocycles. The summed E-state index contributed by atoms with van der Waals surface area (Å²) in [6.07, 6.45) is 9.78. The van der Waals surface area contributed by atoms with Crippen LogP contribution in [0.25, 0.3) is 0 Å². The molecule has 0 aromatic rings. The smallest absolute Gasteiger partial charge is 0.189 e. The van der Waals surface area contributed by atoms with Crippen LogP contribution in [0, 0.1) is 0 Å². The fourth-order valence-corrected chi connectivity index (χ4v) is 0.942. The Hall–Kier alpha value is -1.28. The van der Waals surface area contributed by atoms with E-state index in [0.29, 0.717) is 12.4 Å². The highest BCUT2D eigenvalue weighted by molar-refractivity contribution is 5.33. The van der Waals surface area contributed by atoms with Crippen LogP contribution in [0.15, 0.2) is 48.3 Å². The van der Waals surface area contributed by atoms with Crippen molar-refractivity contribution in [1.82, 2.24) is 0 Å². The van der Waals surface area contributed by atoms with Crippen LogP contribution in [0.4, 0.5) is 0 Å². The Morgan fingerprint density at radius 1 is 1.46 bits per heavy atom. The zero-order valence-corrected chi connectivity index (χ0v) is 7.82. The summed E-state index contributed by atoms with van der Waals surface area (Å²) in [5.74, 6) is 0.623. The van der Waals surface area contributed by atoms with Crippen LogP contribution >= 0.6 is 0 Å². The Kier molecular flexibility index (Phi) is 4.06. The van der Waals surface area contributed by atoms with Crippen molar-refractivity contribution in [3.63, 3.8) is 0 Å². The van der Waals surface area contributed by atoms with Crippen LogP contribution in [0.3, 0.4) is 0 Å². The highest BCUT2D eigenvalue weighted by Crippen LogP contribution is 2.06. The molecule has 0 saturated heterocycles. The molecule has 0 aromatic heterocycles. The summed E-state index contributed by atoms with van der Waals surface area (Å²) in [5.41, 5.74) is 1.11. The molecule has 0 aliphatic carbocycles. The molecular weight excluding hydrogens is 164 g/mol. The van der Waals surface area contributed by atoms with Crippen LogP contribution in [0.5, 0.6) is 0 Å². The van der Waals surface area contributed by atoms with Gasteiger partial charge in [-0.25, -0.2) is 0 Å². The van der Waals surface area contributed by atoms with Gasteiger partial charge in [0, 0.05) is 0 Å². The minimum Gasteiger partial charge on any atom is -0.468 e. The average molecular weight is 178 g/mol. The lowest BCUT2D eigenvalue weighted by atomic mass is 10.2. The van der Waals surface area contributed by atoms with Crippen LogP contribution in [-0.4, -0.2) is 13.4 Å². The monoisotopic (exact) mass is 178 g/mol. The maximum atomic E-state index is 5.17. The van der Waals surface area contributed by atoms with Gasteiger partial charge in [-0.05, 0) is 18.6 Å². The van der Waals surface area contributed by atoms with Gasteiger partial charge in [0.15, 0.2) is 6.79 Å². The first kappa shape index (κ1) is 9.81. The minimum atomic E-state index is 0.267. The fourth-order valence-electron chi connectivity index (χ4n) is 0.942. The SMILES string of the molecule is C=C1\C=C/C(/C=C/C)=C\COCO1. The van der Waals surface area contributed by atoms with Gasteiger partial charge < -0.3 is 9.47 Å². The van der Waals surface area contributed by atoms with Gasteiger partial charge in [-0.1, -0.05) is 30.9 Å². The van der Waals surface area contributed by atoms with E-state index in [1.807, 2.05) is 37.3 Å². The molecule has 13 heavy (non-hydrogen) atoms. The zero-order valence-electron chi connectivity index (χ0n) is 7.82. The topological polar surface area (TPSA) is 18.5 Å². The van der Waals surface area contributed by atoms with Crippen LogP contribution in [0.2, 0.25) is 0 Å². The number of allylic oxidation sites excluding steroid dienone is 5. The van der Waals surface area contributed by atoms with Gasteiger partial charge in [0.1, 0.15) is 5.76 Å². The molecule has 70 valence electrons. The molecule has 2 nitrogen and oxygen atoms in total. The molecule has 0 atom stereocenters. The second-order valence-corrected chi connectivity index (χ2v) is 2.64. The Morgan fingerprint density at radius 2 is 2.31 bits per heavy atom. The maximum absolute atomic E-state index is 5.17. The first-order valence-electron chi connectivity index (χ1n) is 4.23. The van der Waals surface area contributed by atoms with Crippen molar-refractivity contribution < 1.29 is 9.47 Å². The third kappa shape index (κ3) is 3.76. The molecule has 0 fully saturated rings. The van der Waals surface area contributed by atoms with E-state index in [1.54, 1.807) is 0 Å². The maximum Gasteiger partial charge on any atom is 0.189 e. The van der Waals surface area contributed by atoms with Crippen molar-refractivity contribution in [3.05, 3.63) is 48.3 Å². The minimum absolute atomic E-state index is 0.267. The quantitative estimate of drug-likeness (QED) is 0.614. The van der Waals surface area contributed by atoms with E-state index in [2.05, 4.69) is 6.58 Å². The van der Waals surface area contributed by atoms with Gasteiger partial charge in [-0.15, -0.1) is 0 Å². The predicted molar refractivity (Wildman–Crippen MR) is 53.1 cm³/mol. The van der Waals surface area contributed by atoms with Crippen LogP contribution < -0.4 is 0 Å². The molecule has 0 unspecified atom stereocenters. The lowest BCUT2D eigenvalue weighted by Crippen LogP contribution is -1.97. The van der Waals surface area contributed by atoms with Gasteiger partial charge in [-0.3, -0.25) is 0 Å². The molecule has 0 saturated carbocycles. The first-order valence-corrected chi connectivity index (χ1v) is 4.23. The Labute approximate surface area is 78.9 Å². The van der Waals surface area contributed by atoms with Gasteiger partial charge in [-0.2, -0.15) is 0 Å². The van der Waals surface area contributed by atoms with Gasteiger partial charge in [0.2, 0.25) is 0 Å². The third-order valence-electron chi connectivity index (χ3n) is 1.59. The normalized spacial score (nSPS) is 25.3. The predicted octanol–water partition coefficient (Wildman–Crippen LogP) is 2.56. The lowest BCUT2D eigenvalue weighted by Gasteiger charge is -2.02. The van der Waals surface area contributed by atoms with Crippen molar-refractivity contribution in [2.45, 2.75) is 6.92 Å². The number of rotatable bonds is 1. The van der Waals surface area contributed by atoms with Crippen molar-refractivity contribution in [1.29, 1.82) is 0 Å². The molecule has 0 aromatic carbocycles. The summed E-state index contributed by atoms with van der Waals surface area (Å²) in [5, 5.41) is 0. The summed E-state index contributed by atoms with van der Waals surface area (Å²) < 4.78 is 10.3. The molecule has 1 aliphatic heterocycles. The molecule has 0 spiro atoms. The van der Waals surface area contributed by atoms with E-state index in [4.69, 9.17) is 9.47 Å². The van der Waals surface area contributed by atoms with Crippen molar-refractivity contribution in [3.8, 4) is 0 Å². The standard InChI is InChI=1S/C11H14O2/c1-3-4-11-6-5-10(2)13-9-12-8-7-11/h3-7H,2,8-9H2,1H3/b4-3+,6-5-,11-7-. The molecular formula is C11H14O2. The molecule has 0 radical (unpaired) electrons. The van der Waals surface area contributed by atoms with Crippen molar-refractivity contribution in [2.75, 3.05) is 13.4 Å². The summed E-state index contributed by atoms with van der Waals surface area (Å²) >= 11 is 0. The Balaban J connectivity index is 2.71. The number of ether oxygens (including phenoxy) is 2. The van der Waals surface area contributed by atoms with Gasteiger partial charge in [0.05, 0.1) is 6.61 Å². The molecule has 0 bridgehead atoms. The van der Waals surface area contributed by atoms with Crippen LogP contribution in [0.1, 0.15) is 6.92 Å². The first-order chi connectivity index (χ1) is 6.33. The van der Waals surface area contributed by atoms with E-state index in [1.165, 1.54) is 0 Å². The Bertz CT molecular complexity index is 259. The second kappa shape index (κ2) is 5.38. The van der Waals surface area contributed by atoms with Gasteiger partial charge >= 0.3 is 0 Å². The second-order valence-electron chi connectivity index (χ2n) is 2.64. The molecule has 0 amide bonds. The van der Waals surface area contributed by atoms with E-state index >= 15 is 0 Å². The zero-order chi connectivity index (χ0) is 9.52. The number of hydrogen-bond acceptors (Lipinski definition) is 2.